The number of fused-ring (bicyclic) bond motifs is 1. The van der Waals surface area contributed by atoms with Gasteiger partial charge in [-0.1, -0.05) is 6.07 Å². The van der Waals surface area contributed by atoms with E-state index in [0.717, 1.165) is 17.9 Å². The van der Waals surface area contributed by atoms with Crippen molar-refractivity contribution >= 4 is 5.52 Å². The monoisotopic (exact) mass is 258 g/mol. The Balaban J connectivity index is 1.80. The third-order valence-corrected chi connectivity index (χ3v) is 4.21. The molecule has 2 aromatic heterocycles. The van der Waals surface area contributed by atoms with Crippen LogP contribution in [-0.4, -0.2) is 34.4 Å². The van der Waals surface area contributed by atoms with Crippen molar-refractivity contribution in [3.05, 3.63) is 35.9 Å². The molecule has 4 heteroatoms. The first-order valence-corrected chi connectivity index (χ1v) is 7.10. The van der Waals surface area contributed by atoms with Crippen LogP contribution >= 0.6 is 0 Å². The zero-order valence-corrected chi connectivity index (χ0v) is 11.5. The van der Waals surface area contributed by atoms with Crippen molar-refractivity contribution in [1.29, 1.82) is 0 Å². The van der Waals surface area contributed by atoms with Gasteiger partial charge >= 0.3 is 0 Å². The standard InChI is InChI=1S/C15H22N4/c1-18-6-4-12(5-7-18)8-15-17-10-14-3-2-13(9-16)11-19(14)15/h2-3,10-12H,4-9,16H2,1H3. The smallest absolute Gasteiger partial charge is 0.113 e. The molecule has 0 spiro atoms. The lowest BCUT2D eigenvalue weighted by atomic mass is 9.93. The second-order valence-electron chi connectivity index (χ2n) is 5.66. The molecule has 2 aromatic rings. The Morgan fingerprint density at radius 2 is 2.11 bits per heavy atom. The molecule has 1 fully saturated rings. The average molecular weight is 258 g/mol. The van der Waals surface area contributed by atoms with E-state index >= 15 is 0 Å². The molecule has 0 aliphatic carbocycles. The Hall–Kier alpha value is -1.39. The summed E-state index contributed by atoms with van der Waals surface area (Å²) >= 11 is 0. The zero-order chi connectivity index (χ0) is 13.2. The summed E-state index contributed by atoms with van der Waals surface area (Å²) in [4.78, 5) is 7.00. The largest absolute Gasteiger partial charge is 0.326 e. The first-order chi connectivity index (χ1) is 9.26. The van der Waals surface area contributed by atoms with E-state index in [1.54, 1.807) is 0 Å². The topological polar surface area (TPSA) is 46.6 Å². The molecular formula is C15H22N4. The van der Waals surface area contributed by atoms with Gasteiger partial charge in [0.1, 0.15) is 5.82 Å². The first kappa shape index (κ1) is 12.6. The normalized spacial score (nSPS) is 18.2. The number of pyridine rings is 1. The molecule has 0 saturated carbocycles. The highest BCUT2D eigenvalue weighted by Crippen LogP contribution is 2.21. The maximum Gasteiger partial charge on any atom is 0.113 e. The summed E-state index contributed by atoms with van der Waals surface area (Å²) < 4.78 is 2.21. The summed E-state index contributed by atoms with van der Waals surface area (Å²) in [6.45, 7) is 3.01. The van der Waals surface area contributed by atoms with Gasteiger partial charge < -0.3 is 15.0 Å². The van der Waals surface area contributed by atoms with E-state index in [2.05, 4.69) is 39.7 Å². The number of nitrogens with two attached hydrogens (primary N) is 1. The predicted molar refractivity (Wildman–Crippen MR) is 77.0 cm³/mol. The van der Waals surface area contributed by atoms with Crippen molar-refractivity contribution in [3.8, 4) is 0 Å². The lowest BCUT2D eigenvalue weighted by molar-refractivity contribution is 0.217. The highest BCUT2D eigenvalue weighted by atomic mass is 15.1. The Morgan fingerprint density at radius 3 is 2.84 bits per heavy atom. The maximum atomic E-state index is 5.72. The fourth-order valence-electron chi connectivity index (χ4n) is 2.88. The number of piperidine rings is 1. The van der Waals surface area contributed by atoms with Gasteiger partial charge in [0.25, 0.3) is 0 Å². The number of nitrogens with zero attached hydrogens (tertiary/aromatic N) is 3. The first-order valence-electron chi connectivity index (χ1n) is 7.10. The Bertz CT molecular complexity index is 552. The molecule has 0 unspecified atom stereocenters. The highest BCUT2D eigenvalue weighted by molar-refractivity contribution is 5.47. The summed E-state index contributed by atoms with van der Waals surface area (Å²) in [5.74, 6) is 1.95. The second-order valence-corrected chi connectivity index (χ2v) is 5.66. The van der Waals surface area contributed by atoms with Crippen LogP contribution in [0.1, 0.15) is 24.2 Å². The quantitative estimate of drug-likeness (QED) is 0.911. The second kappa shape index (κ2) is 5.31. The van der Waals surface area contributed by atoms with Crippen LogP contribution < -0.4 is 5.73 Å². The molecular weight excluding hydrogens is 236 g/mol. The minimum absolute atomic E-state index is 0.585. The van der Waals surface area contributed by atoms with E-state index < -0.39 is 0 Å². The Morgan fingerprint density at radius 1 is 1.32 bits per heavy atom. The number of imidazole rings is 1. The van der Waals surface area contributed by atoms with Crippen LogP contribution in [0.4, 0.5) is 0 Å². The third-order valence-electron chi connectivity index (χ3n) is 4.21. The van der Waals surface area contributed by atoms with Crippen molar-refractivity contribution in [2.45, 2.75) is 25.8 Å². The highest BCUT2D eigenvalue weighted by Gasteiger charge is 2.18. The van der Waals surface area contributed by atoms with Crippen LogP contribution in [0.15, 0.2) is 24.5 Å². The van der Waals surface area contributed by atoms with Crippen molar-refractivity contribution in [1.82, 2.24) is 14.3 Å². The molecule has 102 valence electrons. The number of hydrogen-bond donors (Lipinski definition) is 1. The van der Waals surface area contributed by atoms with E-state index in [-0.39, 0.29) is 0 Å². The summed E-state index contributed by atoms with van der Waals surface area (Å²) in [6.07, 6.45) is 7.73. The molecule has 1 saturated heterocycles. The van der Waals surface area contributed by atoms with Crippen molar-refractivity contribution in [3.63, 3.8) is 0 Å². The van der Waals surface area contributed by atoms with Gasteiger partial charge in [-0.25, -0.2) is 4.98 Å². The summed E-state index contributed by atoms with van der Waals surface area (Å²) in [6, 6.07) is 4.18. The fraction of sp³-hybridized carbons (Fsp3) is 0.533. The maximum absolute atomic E-state index is 5.72. The molecule has 3 rings (SSSR count). The van der Waals surface area contributed by atoms with Gasteiger partial charge in [0.2, 0.25) is 0 Å². The fourth-order valence-corrected chi connectivity index (χ4v) is 2.88. The Kier molecular flexibility index (Phi) is 3.53. The molecule has 1 aliphatic rings. The summed E-state index contributed by atoms with van der Waals surface area (Å²) in [7, 11) is 2.20. The van der Waals surface area contributed by atoms with Crippen LogP contribution in [0.2, 0.25) is 0 Å². The van der Waals surface area contributed by atoms with Gasteiger partial charge in [0.15, 0.2) is 0 Å². The molecule has 0 amide bonds. The lowest BCUT2D eigenvalue weighted by Crippen LogP contribution is -2.31. The Labute approximate surface area is 114 Å². The summed E-state index contributed by atoms with van der Waals surface area (Å²) in [5.41, 5.74) is 8.05. The lowest BCUT2D eigenvalue weighted by Gasteiger charge is -2.28. The molecule has 3 heterocycles. The van der Waals surface area contributed by atoms with Crippen LogP contribution in [0.25, 0.3) is 5.52 Å². The molecule has 4 nitrogen and oxygen atoms in total. The molecule has 19 heavy (non-hydrogen) atoms. The van der Waals surface area contributed by atoms with Crippen LogP contribution in [-0.2, 0) is 13.0 Å². The number of rotatable bonds is 3. The molecule has 0 bridgehead atoms. The van der Waals surface area contributed by atoms with Gasteiger partial charge in [-0.05, 0) is 50.5 Å². The average Bonchev–Trinajstić information content (AvgIpc) is 2.84. The number of likely N-dealkylation sites (tertiary alicyclic amines) is 1. The van der Waals surface area contributed by atoms with Gasteiger partial charge in [-0.2, -0.15) is 0 Å². The molecule has 2 N–H and O–H groups in total. The van der Waals surface area contributed by atoms with Gasteiger partial charge in [-0.15, -0.1) is 0 Å². The van der Waals surface area contributed by atoms with Gasteiger partial charge in [0, 0.05) is 19.2 Å². The number of aromatic nitrogens is 2. The third kappa shape index (κ3) is 2.65. The van der Waals surface area contributed by atoms with Crippen LogP contribution in [0.3, 0.4) is 0 Å². The summed E-state index contributed by atoms with van der Waals surface area (Å²) in [5, 5.41) is 0. The van der Waals surface area contributed by atoms with Crippen molar-refractivity contribution in [2.24, 2.45) is 11.7 Å². The van der Waals surface area contributed by atoms with E-state index in [9.17, 15) is 0 Å². The van der Waals surface area contributed by atoms with Gasteiger partial charge in [-0.3, -0.25) is 0 Å². The van der Waals surface area contributed by atoms with Crippen LogP contribution in [0, 0.1) is 5.92 Å². The predicted octanol–water partition coefficient (Wildman–Crippen LogP) is 1.68. The van der Waals surface area contributed by atoms with Crippen molar-refractivity contribution in [2.75, 3.05) is 20.1 Å². The van der Waals surface area contributed by atoms with E-state index in [4.69, 9.17) is 5.73 Å². The number of hydrogen-bond acceptors (Lipinski definition) is 3. The zero-order valence-electron chi connectivity index (χ0n) is 11.5. The minimum Gasteiger partial charge on any atom is -0.326 e. The molecule has 0 aromatic carbocycles. The van der Waals surface area contributed by atoms with E-state index in [1.165, 1.54) is 37.3 Å². The molecule has 0 radical (unpaired) electrons. The minimum atomic E-state index is 0.585. The van der Waals surface area contributed by atoms with E-state index in [1.807, 2.05) is 6.20 Å². The SMILES string of the molecule is CN1CCC(Cc2ncc3ccc(CN)cn23)CC1. The van der Waals surface area contributed by atoms with Crippen LogP contribution in [0.5, 0.6) is 0 Å². The van der Waals surface area contributed by atoms with Gasteiger partial charge in [0.05, 0.1) is 11.7 Å². The molecule has 1 aliphatic heterocycles. The van der Waals surface area contributed by atoms with Crippen molar-refractivity contribution < 1.29 is 0 Å². The van der Waals surface area contributed by atoms with E-state index in [0.29, 0.717) is 6.54 Å². The molecule has 0 atom stereocenters.